The Bertz CT molecular complexity index is 1760. The SMILES string of the molecule is O=C(Nc1cnc(-n2nccn2)c(C(F)F)c1)c1cnn(-c2ccc3c4c(cccc24)C(=O)N3)c1C1CC1. The highest BCUT2D eigenvalue weighted by atomic mass is 19.3. The maximum absolute atomic E-state index is 13.8. The number of carbonyl (C=O) groups excluding carboxylic acids is 2. The molecule has 5 aromatic rings. The number of hydrogen-bond acceptors (Lipinski definition) is 6. The van der Waals surface area contributed by atoms with E-state index in [-0.39, 0.29) is 23.3 Å². The smallest absolute Gasteiger partial charge is 0.267 e. The average molecular weight is 512 g/mol. The van der Waals surface area contributed by atoms with Crippen LogP contribution >= 0.6 is 0 Å². The number of nitrogens with zero attached hydrogens (tertiary/aromatic N) is 6. The van der Waals surface area contributed by atoms with Gasteiger partial charge in [0.2, 0.25) is 0 Å². The van der Waals surface area contributed by atoms with Gasteiger partial charge in [0.25, 0.3) is 18.2 Å². The highest BCUT2D eigenvalue weighted by molar-refractivity contribution is 6.25. The van der Waals surface area contributed by atoms with Crippen LogP contribution in [0.5, 0.6) is 0 Å². The van der Waals surface area contributed by atoms with Gasteiger partial charge in [0.15, 0.2) is 5.82 Å². The van der Waals surface area contributed by atoms with Crippen molar-refractivity contribution in [3.8, 4) is 11.5 Å². The molecule has 1 saturated carbocycles. The first kappa shape index (κ1) is 22.2. The van der Waals surface area contributed by atoms with E-state index >= 15 is 0 Å². The number of pyridine rings is 1. The van der Waals surface area contributed by atoms with Crippen molar-refractivity contribution in [1.82, 2.24) is 29.8 Å². The van der Waals surface area contributed by atoms with E-state index in [0.717, 1.165) is 45.5 Å². The lowest BCUT2D eigenvalue weighted by Crippen LogP contribution is -2.15. The summed E-state index contributed by atoms with van der Waals surface area (Å²) >= 11 is 0. The average Bonchev–Trinajstić information content (AvgIpc) is 3.29. The summed E-state index contributed by atoms with van der Waals surface area (Å²) in [5, 5.41) is 19.5. The normalized spacial score (nSPS) is 14.3. The van der Waals surface area contributed by atoms with Crippen LogP contribution in [0.15, 0.2) is 61.2 Å². The molecule has 0 bridgehead atoms. The Kier molecular flexibility index (Phi) is 4.83. The summed E-state index contributed by atoms with van der Waals surface area (Å²) in [6.45, 7) is 0. The van der Waals surface area contributed by atoms with E-state index < -0.39 is 17.9 Å². The summed E-state index contributed by atoms with van der Waals surface area (Å²) in [7, 11) is 0. The molecule has 2 N–H and O–H groups in total. The Morgan fingerprint density at radius 3 is 2.66 bits per heavy atom. The summed E-state index contributed by atoms with van der Waals surface area (Å²) in [5.41, 5.74) is 2.87. The van der Waals surface area contributed by atoms with Crippen LogP contribution in [-0.4, -0.2) is 41.6 Å². The van der Waals surface area contributed by atoms with Crippen molar-refractivity contribution in [2.45, 2.75) is 25.2 Å². The second-order valence-electron chi connectivity index (χ2n) is 9.15. The molecule has 0 spiro atoms. The topological polar surface area (TPSA) is 120 Å². The number of rotatable bonds is 6. The minimum absolute atomic E-state index is 0.116. The monoisotopic (exact) mass is 512 g/mol. The van der Waals surface area contributed by atoms with Crippen LogP contribution in [-0.2, 0) is 0 Å². The van der Waals surface area contributed by atoms with Gasteiger partial charge in [0, 0.05) is 27.9 Å². The summed E-state index contributed by atoms with van der Waals surface area (Å²) < 4.78 is 29.3. The molecule has 2 aliphatic rings. The van der Waals surface area contributed by atoms with Crippen LogP contribution in [0.2, 0.25) is 0 Å². The first-order chi connectivity index (χ1) is 18.5. The zero-order valence-corrected chi connectivity index (χ0v) is 19.6. The second kappa shape index (κ2) is 8.26. The fourth-order valence-corrected chi connectivity index (χ4v) is 4.93. The highest BCUT2D eigenvalue weighted by Gasteiger charge is 2.34. The first-order valence-corrected chi connectivity index (χ1v) is 11.9. The fraction of sp³-hybridized carbons (Fsp3) is 0.154. The van der Waals surface area contributed by atoms with E-state index in [0.29, 0.717) is 11.1 Å². The number of nitrogens with one attached hydrogen (secondary N) is 2. The molecule has 2 aromatic carbocycles. The van der Waals surface area contributed by atoms with Crippen molar-refractivity contribution in [1.29, 1.82) is 0 Å². The molecule has 10 nitrogen and oxygen atoms in total. The molecule has 1 aliphatic carbocycles. The third-order valence-corrected chi connectivity index (χ3v) is 6.75. The quantitative estimate of drug-likeness (QED) is 0.342. The molecule has 0 atom stereocenters. The van der Waals surface area contributed by atoms with Crippen molar-refractivity contribution in [3.05, 3.63) is 83.6 Å². The minimum atomic E-state index is -2.85. The largest absolute Gasteiger partial charge is 0.321 e. The Morgan fingerprint density at radius 2 is 1.89 bits per heavy atom. The third kappa shape index (κ3) is 3.44. The summed E-state index contributed by atoms with van der Waals surface area (Å²) in [5.74, 6) is -0.622. The van der Waals surface area contributed by atoms with Crippen LogP contribution < -0.4 is 10.6 Å². The molecule has 0 unspecified atom stereocenters. The van der Waals surface area contributed by atoms with E-state index in [1.807, 2.05) is 24.3 Å². The fourth-order valence-electron chi connectivity index (χ4n) is 4.93. The van der Waals surface area contributed by atoms with Gasteiger partial charge in [0.1, 0.15) is 0 Å². The molecule has 1 aliphatic heterocycles. The van der Waals surface area contributed by atoms with Gasteiger partial charge in [-0.3, -0.25) is 9.59 Å². The number of alkyl halides is 2. The van der Waals surface area contributed by atoms with Crippen LogP contribution in [0, 0.1) is 0 Å². The van der Waals surface area contributed by atoms with E-state index in [1.54, 1.807) is 10.7 Å². The van der Waals surface area contributed by atoms with Gasteiger partial charge in [-0.25, -0.2) is 18.4 Å². The number of anilines is 2. The molecule has 12 heteroatoms. The van der Waals surface area contributed by atoms with E-state index in [2.05, 4.69) is 30.9 Å². The molecule has 0 saturated heterocycles. The number of benzene rings is 2. The Labute approximate surface area is 213 Å². The van der Waals surface area contributed by atoms with Gasteiger partial charge < -0.3 is 10.6 Å². The second-order valence-corrected chi connectivity index (χ2v) is 9.15. The summed E-state index contributed by atoms with van der Waals surface area (Å²) in [6, 6.07) is 10.4. The van der Waals surface area contributed by atoms with Crippen molar-refractivity contribution in [2.24, 2.45) is 0 Å². The van der Waals surface area contributed by atoms with Gasteiger partial charge in [-0.05, 0) is 37.1 Å². The molecular formula is C26H18F2N8O2. The lowest BCUT2D eigenvalue weighted by atomic mass is 10.0. The zero-order valence-electron chi connectivity index (χ0n) is 19.6. The maximum Gasteiger partial charge on any atom is 0.267 e. The zero-order chi connectivity index (χ0) is 26.0. The maximum atomic E-state index is 13.8. The Morgan fingerprint density at radius 1 is 1.08 bits per heavy atom. The Hall–Kier alpha value is -5.00. The van der Waals surface area contributed by atoms with Crippen LogP contribution in [0.4, 0.5) is 20.2 Å². The van der Waals surface area contributed by atoms with Crippen molar-refractivity contribution < 1.29 is 18.4 Å². The van der Waals surface area contributed by atoms with Crippen LogP contribution in [0.3, 0.4) is 0 Å². The van der Waals surface area contributed by atoms with Gasteiger partial charge in [0.05, 0.1) is 53.0 Å². The molecule has 38 heavy (non-hydrogen) atoms. The van der Waals surface area contributed by atoms with Crippen molar-refractivity contribution in [3.63, 3.8) is 0 Å². The van der Waals surface area contributed by atoms with E-state index in [4.69, 9.17) is 0 Å². The molecule has 4 heterocycles. The molecule has 1 fully saturated rings. The van der Waals surface area contributed by atoms with Gasteiger partial charge in [-0.2, -0.15) is 15.3 Å². The Balaban J connectivity index is 1.27. The first-order valence-electron chi connectivity index (χ1n) is 11.9. The van der Waals surface area contributed by atoms with Gasteiger partial charge in [-0.1, -0.05) is 12.1 Å². The minimum Gasteiger partial charge on any atom is -0.321 e. The predicted molar refractivity (Wildman–Crippen MR) is 133 cm³/mol. The number of aromatic nitrogens is 6. The molecule has 0 radical (unpaired) electrons. The number of halogens is 2. The molecule has 3 aromatic heterocycles. The lowest BCUT2D eigenvalue weighted by molar-refractivity contribution is 0.102. The van der Waals surface area contributed by atoms with Crippen molar-refractivity contribution in [2.75, 3.05) is 10.6 Å². The highest BCUT2D eigenvalue weighted by Crippen LogP contribution is 2.44. The number of hydrogen-bond donors (Lipinski definition) is 2. The van der Waals surface area contributed by atoms with Crippen LogP contribution in [0.25, 0.3) is 22.3 Å². The number of carbonyl (C=O) groups is 2. The van der Waals surface area contributed by atoms with E-state index in [9.17, 15) is 18.4 Å². The lowest BCUT2D eigenvalue weighted by Gasteiger charge is -2.13. The summed E-state index contributed by atoms with van der Waals surface area (Å²) in [4.78, 5) is 30.8. The summed E-state index contributed by atoms with van der Waals surface area (Å²) in [6.07, 6.45) is 4.44. The standard InChI is InChI=1S/C26H18F2N8O2/c27-23(28)17-10-14(11-29-24(17)36-30-8-9-31-36)33-26(38)18-12-32-35(22(18)13-4-5-13)20-7-6-19-21-15(20)2-1-3-16(21)25(37)34-19/h1-3,6-13,23H,4-5H2,(H,33,38)(H,34,37). The third-order valence-electron chi connectivity index (χ3n) is 6.75. The van der Waals surface area contributed by atoms with Gasteiger partial charge in [-0.15, -0.1) is 4.80 Å². The van der Waals surface area contributed by atoms with Crippen molar-refractivity contribution >= 4 is 34.0 Å². The molecule has 7 rings (SSSR count). The molecule has 188 valence electrons. The van der Waals surface area contributed by atoms with Gasteiger partial charge >= 0.3 is 0 Å². The predicted octanol–water partition coefficient (Wildman–Crippen LogP) is 4.63. The molecule has 2 amide bonds. The van der Waals surface area contributed by atoms with E-state index in [1.165, 1.54) is 30.9 Å². The number of amides is 2. The van der Waals surface area contributed by atoms with Crippen LogP contribution in [0.1, 0.15) is 57.2 Å². The molecular weight excluding hydrogens is 494 g/mol.